The van der Waals surface area contributed by atoms with E-state index in [0.717, 1.165) is 16.0 Å². The van der Waals surface area contributed by atoms with Crippen LogP contribution in [0.3, 0.4) is 0 Å². The van der Waals surface area contributed by atoms with Crippen molar-refractivity contribution in [2.45, 2.75) is 24.0 Å². The summed E-state index contributed by atoms with van der Waals surface area (Å²) in [5.41, 5.74) is 1.22. The lowest BCUT2D eigenvalue weighted by molar-refractivity contribution is -0.120. The molecule has 0 saturated heterocycles. The predicted octanol–water partition coefficient (Wildman–Crippen LogP) is 4.82. The quantitative estimate of drug-likeness (QED) is 0.482. The zero-order valence-corrected chi connectivity index (χ0v) is 15.9. The van der Waals surface area contributed by atoms with Crippen LogP contribution in [0.25, 0.3) is 10.8 Å². The number of benzene rings is 3. The second-order valence-corrected chi connectivity index (χ2v) is 7.64. The van der Waals surface area contributed by atoms with Gasteiger partial charge in [0.15, 0.2) is 0 Å². The van der Waals surface area contributed by atoms with Crippen molar-refractivity contribution in [1.29, 1.82) is 0 Å². The molecule has 0 saturated carbocycles. The summed E-state index contributed by atoms with van der Waals surface area (Å²) >= 11 is 1.56. The highest BCUT2D eigenvalue weighted by atomic mass is 32.2. The van der Waals surface area contributed by atoms with Gasteiger partial charge in [0.2, 0.25) is 5.91 Å². The maximum atomic E-state index is 12.2. The highest BCUT2D eigenvalue weighted by Gasteiger charge is 2.13. The van der Waals surface area contributed by atoms with Gasteiger partial charge in [-0.1, -0.05) is 48.0 Å². The van der Waals surface area contributed by atoms with Crippen molar-refractivity contribution in [1.82, 2.24) is 5.32 Å². The largest absolute Gasteiger partial charge is 0.492 e. The van der Waals surface area contributed by atoms with E-state index in [1.165, 1.54) is 10.9 Å². The maximum Gasteiger partial charge on any atom is 0.233 e. The topological polar surface area (TPSA) is 38.3 Å². The molecular weight excluding hydrogens is 342 g/mol. The summed E-state index contributed by atoms with van der Waals surface area (Å²) < 4.78 is 5.75. The van der Waals surface area contributed by atoms with Gasteiger partial charge in [-0.3, -0.25) is 4.79 Å². The fraction of sp³-hybridized carbons (Fsp3) is 0.227. The molecule has 0 aliphatic heterocycles. The number of thioether (sulfide) groups is 1. The van der Waals surface area contributed by atoms with E-state index in [1.807, 2.05) is 49.4 Å². The van der Waals surface area contributed by atoms with Gasteiger partial charge in [0.25, 0.3) is 0 Å². The Morgan fingerprint density at radius 3 is 2.54 bits per heavy atom. The van der Waals surface area contributed by atoms with Gasteiger partial charge in [0.05, 0.1) is 11.8 Å². The number of fused-ring (bicyclic) bond motifs is 1. The first kappa shape index (κ1) is 18.3. The van der Waals surface area contributed by atoms with Crippen molar-refractivity contribution >= 4 is 28.4 Å². The summed E-state index contributed by atoms with van der Waals surface area (Å²) in [5, 5.41) is 5.14. The molecule has 3 nitrogen and oxygen atoms in total. The smallest absolute Gasteiger partial charge is 0.233 e. The van der Waals surface area contributed by atoms with Gasteiger partial charge in [-0.05, 0) is 48.9 Å². The first-order valence-electron chi connectivity index (χ1n) is 8.74. The fourth-order valence-corrected chi connectivity index (χ4v) is 3.51. The van der Waals surface area contributed by atoms with Crippen molar-refractivity contribution in [3.8, 4) is 5.75 Å². The Morgan fingerprint density at radius 2 is 1.77 bits per heavy atom. The minimum Gasteiger partial charge on any atom is -0.492 e. The van der Waals surface area contributed by atoms with Crippen LogP contribution in [0.5, 0.6) is 5.75 Å². The molecule has 1 atom stereocenters. The molecule has 3 aromatic carbocycles. The molecule has 4 heteroatoms. The highest BCUT2D eigenvalue weighted by molar-refractivity contribution is 8.00. The van der Waals surface area contributed by atoms with Crippen LogP contribution in [0.15, 0.2) is 71.6 Å². The number of amides is 1. The fourth-order valence-electron chi connectivity index (χ4n) is 2.62. The molecule has 1 unspecified atom stereocenters. The maximum absolute atomic E-state index is 12.2. The Labute approximate surface area is 158 Å². The molecule has 3 rings (SSSR count). The summed E-state index contributed by atoms with van der Waals surface area (Å²) in [4.78, 5) is 13.3. The average molecular weight is 365 g/mol. The summed E-state index contributed by atoms with van der Waals surface area (Å²) in [5.74, 6) is 0.845. The van der Waals surface area contributed by atoms with Crippen molar-refractivity contribution in [2.24, 2.45) is 0 Å². The normalized spacial score (nSPS) is 11.9. The molecule has 134 valence electrons. The number of ether oxygens (including phenoxy) is 1. The standard InChI is InChI=1S/C22H23NO2S/c1-16-7-11-21(12-8-16)26-17(2)22(24)23-13-14-25-20-10-9-18-5-3-4-6-19(18)15-20/h3-12,15,17H,13-14H2,1-2H3,(H,23,24). The van der Waals surface area contributed by atoms with Crippen LogP contribution in [0, 0.1) is 6.92 Å². The Morgan fingerprint density at radius 1 is 1.04 bits per heavy atom. The van der Waals surface area contributed by atoms with E-state index in [1.54, 1.807) is 11.8 Å². The highest BCUT2D eigenvalue weighted by Crippen LogP contribution is 2.23. The number of aryl methyl sites for hydroxylation is 1. The average Bonchev–Trinajstić information content (AvgIpc) is 2.66. The molecule has 1 amide bonds. The third-order valence-corrected chi connectivity index (χ3v) is 5.21. The second-order valence-electron chi connectivity index (χ2n) is 6.22. The Balaban J connectivity index is 1.43. The van der Waals surface area contributed by atoms with Gasteiger partial charge in [0, 0.05) is 4.90 Å². The lowest BCUT2D eigenvalue weighted by atomic mass is 10.1. The molecule has 0 aliphatic carbocycles. The zero-order chi connectivity index (χ0) is 18.4. The monoisotopic (exact) mass is 365 g/mol. The molecule has 0 aromatic heterocycles. The van der Waals surface area contributed by atoms with E-state index >= 15 is 0 Å². The molecular formula is C22H23NO2S. The van der Waals surface area contributed by atoms with E-state index in [4.69, 9.17) is 4.74 Å². The van der Waals surface area contributed by atoms with E-state index in [9.17, 15) is 4.79 Å². The molecule has 0 radical (unpaired) electrons. The summed E-state index contributed by atoms with van der Waals surface area (Å²) in [6.45, 7) is 4.92. The van der Waals surface area contributed by atoms with E-state index in [2.05, 4.69) is 36.5 Å². The third-order valence-electron chi connectivity index (χ3n) is 4.09. The number of nitrogens with one attached hydrogen (secondary N) is 1. The molecule has 0 aliphatic rings. The first-order chi connectivity index (χ1) is 12.6. The molecule has 0 bridgehead atoms. The van der Waals surface area contributed by atoms with Gasteiger partial charge in [-0.25, -0.2) is 0 Å². The second kappa shape index (κ2) is 8.77. The minimum atomic E-state index is -0.140. The molecule has 0 spiro atoms. The van der Waals surface area contributed by atoms with Crippen molar-refractivity contribution in [2.75, 3.05) is 13.2 Å². The zero-order valence-electron chi connectivity index (χ0n) is 15.1. The summed E-state index contributed by atoms with van der Waals surface area (Å²) in [7, 11) is 0. The molecule has 26 heavy (non-hydrogen) atoms. The van der Waals surface area contributed by atoms with Crippen LogP contribution in [0.4, 0.5) is 0 Å². The third kappa shape index (κ3) is 5.02. The molecule has 0 heterocycles. The predicted molar refractivity (Wildman–Crippen MR) is 109 cm³/mol. The summed E-state index contributed by atoms with van der Waals surface area (Å²) in [6, 6.07) is 22.4. The molecule has 3 aromatic rings. The minimum absolute atomic E-state index is 0.0256. The van der Waals surface area contributed by atoms with Gasteiger partial charge in [0.1, 0.15) is 12.4 Å². The SMILES string of the molecule is Cc1ccc(SC(C)C(=O)NCCOc2ccc3ccccc3c2)cc1. The van der Waals surface area contributed by atoms with E-state index in [-0.39, 0.29) is 11.2 Å². The lowest BCUT2D eigenvalue weighted by Crippen LogP contribution is -2.33. The number of hydrogen-bond donors (Lipinski definition) is 1. The number of hydrogen-bond acceptors (Lipinski definition) is 3. The Kier molecular flexibility index (Phi) is 6.18. The van der Waals surface area contributed by atoms with Crippen LogP contribution in [-0.2, 0) is 4.79 Å². The van der Waals surface area contributed by atoms with Crippen LogP contribution in [0.2, 0.25) is 0 Å². The van der Waals surface area contributed by atoms with Gasteiger partial charge < -0.3 is 10.1 Å². The first-order valence-corrected chi connectivity index (χ1v) is 9.62. The number of carbonyl (C=O) groups excluding carboxylic acids is 1. The summed E-state index contributed by atoms with van der Waals surface area (Å²) in [6.07, 6.45) is 0. The van der Waals surface area contributed by atoms with Gasteiger partial charge in [-0.2, -0.15) is 0 Å². The molecule has 1 N–H and O–H groups in total. The number of carbonyl (C=O) groups is 1. The van der Waals surface area contributed by atoms with Crippen LogP contribution >= 0.6 is 11.8 Å². The Bertz CT molecular complexity index is 877. The lowest BCUT2D eigenvalue weighted by Gasteiger charge is -2.13. The van der Waals surface area contributed by atoms with E-state index in [0.29, 0.717) is 13.2 Å². The van der Waals surface area contributed by atoms with Crippen LogP contribution in [0.1, 0.15) is 12.5 Å². The van der Waals surface area contributed by atoms with Crippen molar-refractivity contribution in [3.63, 3.8) is 0 Å². The van der Waals surface area contributed by atoms with E-state index < -0.39 is 0 Å². The van der Waals surface area contributed by atoms with Gasteiger partial charge in [-0.15, -0.1) is 11.8 Å². The number of rotatable bonds is 7. The molecule has 0 fully saturated rings. The van der Waals surface area contributed by atoms with Crippen LogP contribution in [-0.4, -0.2) is 24.3 Å². The van der Waals surface area contributed by atoms with Crippen molar-refractivity contribution in [3.05, 3.63) is 72.3 Å². The Hall–Kier alpha value is -2.46. The van der Waals surface area contributed by atoms with Crippen LogP contribution < -0.4 is 10.1 Å². The van der Waals surface area contributed by atoms with Gasteiger partial charge >= 0.3 is 0 Å². The van der Waals surface area contributed by atoms with Crippen molar-refractivity contribution < 1.29 is 9.53 Å².